The van der Waals surface area contributed by atoms with Gasteiger partial charge in [-0.2, -0.15) is 0 Å². The number of halogens is 1. The van der Waals surface area contributed by atoms with Gasteiger partial charge in [0.25, 0.3) is 0 Å². The lowest BCUT2D eigenvalue weighted by atomic mass is 9.76. The molecular weight excluding hydrogens is 525 g/mol. The van der Waals surface area contributed by atoms with Crippen molar-refractivity contribution >= 4 is 28.8 Å². The number of hydrogen-bond donors (Lipinski definition) is 1. The lowest BCUT2D eigenvalue weighted by Crippen LogP contribution is -2.62. The van der Waals surface area contributed by atoms with Crippen LogP contribution in [0.4, 0.5) is 14.9 Å². The minimum Gasteiger partial charge on any atom is -0.481 e. The van der Waals surface area contributed by atoms with Crippen LogP contribution in [0.3, 0.4) is 0 Å². The Morgan fingerprint density at radius 1 is 1.15 bits per heavy atom. The SMILES string of the molecule is COc1ccc2ncc(F)c(C3OC(=O)OC3N(Cc3ccc4c(n3)OC(=O)CN4)C34CCC(CC3)OC4)c2n1. The number of anilines is 1. The van der Waals surface area contributed by atoms with Crippen LogP contribution in [-0.2, 0) is 25.5 Å². The number of nitrogens with one attached hydrogen (secondary N) is 1. The molecule has 2 atom stereocenters. The number of ether oxygens (including phenoxy) is 5. The summed E-state index contributed by atoms with van der Waals surface area (Å²) in [6.45, 7) is 0.659. The van der Waals surface area contributed by atoms with E-state index in [2.05, 4.69) is 20.3 Å². The predicted molar refractivity (Wildman–Crippen MR) is 135 cm³/mol. The van der Waals surface area contributed by atoms with E-state index in [0.29, 0.717) is 23.5 Å². The maximum Gasteiger partial charge on any atom is 0.510 e. The average Bonchev–Trinajstić information content (AvgIpc) is 3.36. The van der Waals surface area contributed by atoms with Gasteiger partial charge in [0.1, 0.15) is 12.1 Å². The summed E-state index contributed by atoms with van der Waals surface area (Å²) in [5.41, 5.74) is 1.31. The first kappa shape index (κ1) is 24.9. The topological polar surface area (TPSA) is 134 Å². The number of rotatable bonds is 6. The molecule has 0 aromatic carbocycles. The van der Waals surface area contributed by atoms with E-state index >= 15 is 4.39 Å². The minimum atomic E-state index is -1.16. The Morgan fingerprint density at radius 3 is 2.77 bits per heavy atom. The summed E-state index contributed by atoms with van der Waals surface area (Å²) >= 11 is 0. The Kier molecular flexibility index (Phi) is 5.93. The fraction of sp³-hybridized carbons (Fsp3) is 0.444. The molecule has 3 aromatic heterocycles. The van der Waals surface area contributed by atoms with E-state index in [4.69, 9.17) is 23.7 Å². The van der Waals surface area contributed by atoms with E-state index in [1.165, 1.54) is 7.11 Å². The molecule has 3 aromatic rings. The number of methoxy groups -OCH3 is 1. The number of pyridine rings is 3. The fourth-order valence-electron chi connectivity index (χ4n) is 6.08. The monoisotopic (exact) mass is 551 g/mol. The van der Waals surface area contributed by atoms with Gasteiger partial charge in [-0.15, -0.1) is 0 Å². The molecule has 1 aliphatic carbocycles. The summed E-state index contributed by atoms with van der Waals surface area (Å²) in [7, 11) is 1.46. The van der Waals surface area contributed by atoms with Gasteiger partial charge in [-0.05, 0) is 43.9 Å². The van der Waals surface area contributed by atoms with Gasteiger partial charge in [0.2, 0.25) is 18.0 Å². The van der Waals surface area contributed by atoms with Crippen molar-refractivity contribution in [2.75, 3.05) is 25.6 Å². The molecule has 0 amide bonds. The summed E-state index contributed by atoms with van der Waals surface area (Å²) in [6.07, 6.45) is 1.40. The molecule has 8 rings (SSSR count). The molecular formula is C27H26FN5O7. The lowest BCUT2D eigenvalue weighted by molar-refractivity contribution is -0.180. The number of aromatic nitrogens is 3. The molecule has 0 radical (unpaired) electrons. The highest BCUT2D eigenvalue weighted by molar-refractivity contribution is 5.82. The van der Waals surface area contributed by atoms with Crippen molar-refractivity contribution in [1.82, 2.24) is 19.9 Å². The van der Waals surface area contributed by atoms with Gasteiger partial charge in [0.05, 0.1) is 48.5 Å². The Bertz CT molecular complexity index is 1500. The zero-order valence-corrected chi connectivity index (χ0v) is 21.6. The van der Waals surface area contributed by atoms with Crippen molar-refractivity contribution < 1.29 is 37.7 Å². The molecule has 208 valence electrons. The number of nitrogens with zero attached hydrogens (tertiary/aromatic N) is 4. The largest absolute Gasteiger partial charge is 0.510 e. The quantitative estimate of drug-likeness (QED) is 0.451. The second-order valence-corrected chi connectivity index (χ2v) is 10.4. The molecule has 12 nitrogen and oxygen atoms in total. The highest BCUT2D eigenvalue weighted by atomic mass is 19.1. The van der Waals surface area contributed by atoms with Crippen molar-refractivity contribution in [3.05, 3.63) is 47.5 Å². The van der Waals surface area contributed by atoms with Crippen molar-refractivity contribution in [2.24, 2.45) is 0 Å². The summed E-state index contributed by atoms with van der Waals surface area (Å²) < 4.78 is 43.7. The van der Waals surface area contributed by atoms with E-state index in [1.807, 2.05) is 11.0 Å². The average molecular weight is 552 g/mol. The van der Waals surface area contributed by atoms with Gasteiger partial charge >= 0.3 is 12.1 Å². The van der Waals surface area contributed by atoms with Crippen LogP contribution >= 0.6 is 0 Å². The summed E-state index contributed by atoms with van der Waals surface area (Å²) in [5, 5.41) is 2.98. The highest BCUT2D eigenvalue weighted by Gasteiger charge is 2.54. The number of carbonyl (C=O) groups excluding carboxylic acids is 2. The van der Waals surface area contributed by atoms with E-state index in [1.54, 1.807) is 18.2 Å². The second kappa shape index (κ2) is 9.52. The first-order valence-corrected chi connectivity index (χ1v) is 13.1. The van der Waals surface area contributed by atoms with Gasteiger partial charge in [-0.1, -0.05) is 0 Å². The van der Waals surface area contributed by atoms with Crippen LogP contribution in [0.5, 0.6) is 11.8 Å². The molecule has 3 saturated heterocycles. The first-order chi connectivity index (χ1) is 19.4. The highest BCUT2D eigenvalue weighted by Crippen LogP contribution is 2.47. The summed E-state index contributed by atoms with van der Waals surface area (Å²) in [6, 6.07) is 6.88. The van der Waals surface area contributed by atoms with Gasteiger partial charge in [0.15, 0.2) is 11.9 Å². The molecule has 1 saturated carbocycles. The zero-order chi connectivity index (χ0) is 27.4. The number of fused-ring (bicyclic) bond motifs is 5. The van der Waals surface area contributed by atoms with Gasteiger partial charge in [-0.3, -0.25) is 9.88 Å². The van der Waals surface area contributed by atoms with Gasteiger partial charge < -0.3 is 29.0 Å². The molecule has 7 heterocycles. The van der Waals surface area contributed by atoms with Crippen molar-refractivity contribution in [2.45, 2.75) is 56.2 Å². The number of hydrogen-bond acceptors (Lipinski definition) is 12. The normalized spacial score (nSPS) is 27.1. The standard InChI is InChI=1S/C27H26FN5O7/c1-36-19-5-4-17-22(32-19)21(16(28)10-29-17)23-25(40-26(35)39-23)33(27-8-6-15(7-9-27)37-13-27)12-14-2-3-18-24(31-14)38-20(34)11-30-18/h2-5,10,15,23,25,30H,6-9,11-13H2,1H3. The molecule has 2 unspecified atom stereocenters. The Morgan fingerprint density at radius 2 is 2.00 bits per heavy atom. The second-order valence-electron chi connectivity index (χ2n) is 10.4. The van der Waals surface area contributed by atoms with Crippen LogP contribution in [0.15, 0.2) is 30.5 Å². The molecule has 4 aliphatic heterocycles. The maximum absolute atomic E-state index is 15.5. The zero-order valence-electron chi connectivity index (χ0n) is 21.6. The Balaban J connectivity index is 1.32. The molecule has 4 fully saturated rings. The molecule has 0 spiro atoms. The van der Waals surface area contributed by atoms with Crippen LogP contribution in [-0.4, -0.2) is 70.1 Å². The van der Waals surface area contributed by atoms with Crippen molar-refractivity contribution in [3.8, 4) is 11.8 Å². The molecule has 5 aliphatic rings. The van der Waals surface area contributed by atoms with Gasteiger partial charge in [-0.25, -0.2) is 23.9 Å². The third-order valence-electron chi connectivity index (χ3n) is 8.12. The predicted octanol–water partition coefficient (Wildman–Crippen LogP) is 3.25. The van der Waals surface area contributed by atoms with E-state index in [0.717, 1.165) is 31.9 Å². The van der Waals surface area contributed by atoms with Crippen LogP contribution in [0.2, 0.25) is 0 Å². The lowest BCUT2D eigenvalue weighted by Gasteiger charge is -2.53. The van der Waals surface area contributed by atoms with Gasteiger partial charge in [0, 0.05) is 18.2 Å². The Hall–Kier alpha value is -4.10. The number of cyclic esters (lactones) is 2. The van der Waals surface area contributed by atoms with Crippen LogP contribution in [0.1, 0.15) is 43.0 Å². The fourth-order valence-corrected chi connectivity index (χ4v) is 6.08. The van der Waals surface area contributed by atoms with Crippen LogP contribution < -0.4 is 14.8 Å². The van der Waals surface area contributed by atoms with Crippen molar-refractivity contribution in [1.29, 1.82) is 0 Å². The number of esters is 1. The maximum atomic E-state index is 15.5. The van der Waals surface area contributed by atoms with Crippen LogP contribution in [0, 0.1) is 5.82 Å². The molecule has 40 heavy (non-hydrogen) atoms. The van der Waals surface area contributed by atoms with Crippen LogP contribution in [0.25, 0.3) is 11.0 Å². The third-order valence-corrected chi connectivity index (χ3v) is 8.12. The minimum absolute atomic E-state index is 0.0445. The molecule has 2 bridgehead atoms. The summed E-state index contributed by atoms with van der Waals surface area (Å²) in [5.74, 6) is -0.687. The third kappa shape index (κ3) is 4.16. The van der Waals surface area contributed by atoms with E-state index < -0.39 is 35.8 Å². The van der Waals surface area contributed by atoms with E-state index in [9.17, 15) is 9.59 Å². The van der Waals surface area contributed by atoms with E-state index in [-0.39, 0.29) is 42.0 Å². The first-order valence-electron chi connectivity index (χ1n) is 13.1. The van der Waals surface area contributed by atoms with Crippen molar-refractivity contribution in [3.63, 3.8) is 0 Å². The summed E-state index contributed by atoms with van der Waals surface area (Å²) in [4.78, 5) is 39.7. The smallest absolute Gasteiger partial charge is 0.481 e. The molecule has 1 N–H and O–H groups in total. The number of carbonyl (C=O) groups is 2. The Labute approximate surface area is 227 Å². The molecule has 13 heteroatoms.